The predicted octanol–water partition coefficient (Wildman–Crippen LogP) is 1.41. The SMILES string of the molecule is CNC(=O)c1cccc(CN2CCC(OCCCO)CC2)c1. The van der Waals surface area contributed by atoms with Gasteiger partial charge in [-0.05, 0) is 37.0 Å². The Morgan fingerprint density at radius 1 is 1.41 bits per heavy atom. The lowest BCUT2D eigenvalue weighted by Crippen LogP contribution is -2.36. The van der Waals surface area contributed by atoms with Crippen LogP contribution < -0.4 is 5.32 Å². The standard InChI is InChI=1S/C17H26N2O3/c1-18-17(21)15-5-2-4-14(12-15)13-19-8-6-16(7-9-19)22-11-3-10-20/h2,4-5,12,16,20H,3,6-11,13H2,1H3,(H,18,21). The molecule has 1 fully saturated rings. The normalized spacial score (nSPS) is 16.6. The second kappa shape index (κ2) is 8.88. The predicted molar refractivity (Wildman–Crippen MR) is 85.8 cm³/mol. The number of amides is 1. The number of carbonyl (C=O) groups excluding carboxylic acids is 1. The van der Waals surface area contributed by atoms with Crippen molar-refractivity contribution >= 4 is 5.91 Å². The summed E-state index contributed by atoms with van der Waals surface area (Å²) in [4.78, 5) is 14.1. The van der Waals surface area contributed by atoms with Gasteiger partial charge in [0.25, 0.3) is 5.91 Å². The highest BCUT2D eigenvalue weighted by atomic mass is 16.5. The van der Waals surface area contributed by atoms with E-state index in [1.807, 2.05) is 18.2 Å². The summed E-state index contributed by atoms with van der Waals surface area (Å²) in [6.45, 7) is 3.73. The fourth-order valence-corrected chi connectivity index (χ4v) is 2.76. The van der Waals surface area contributed by atoms with Crippen molar-refractivity contribution in [3.05, 3.63) is 35.4 Å². The van der Waals surface area contributed by atoms with Crippen molar-refractivity contribution in [2.75, 3.05) is 33.4 Å². The van der Waals surface area contributed by atoms with Crippen LogP contribution in [0.5, 0.6) is 0 Å². The smallest absolute Gasteiger partial charge is 0.251 e. The van der Waals surface area contributed by atoms with Crippen LogP contribution in [0.25, 0.3) is 0 Å². The molecule has 0 bridgehead atoms. The molecule has 2 rings (SSSR count). The molecule has 0 aliphatic carbocycles. The van der Waals surface area contributed by atoms with E-state index in [4.69, 9.17) is 9.84 Å². The topological polar surface area (TPSA) is 61.8 Å². The number of hydrogen-bond acceptors (Lipinski definition) is 4. The lowest BCUT2D eigenvalue weighted by Gasteiger charge is -2.32. The van der Waals surface area contributed by atoms with Crippen LogP contribution in [-0.4, -0.2) is 55.4 Å². The number of piperidine rings is 1. The first-order valence-electron chi connectivity index (χ1n) is 7.98. The van der Waals surface area contributed by atoms with Crippen molar-refractivity contribution in [1.82, 2.24) is 10.2 Å². The molecule has 1 amide bonds. The van der Waals surface area contributed by atoms with Gasteiger partial charge in [0.15, 0.2) is 0 Å². The van der Waals surface area contributed by atoms with Gasteiger partial charge in [-0.3, -0.25) is 9.69 Å². The Hall–Kier alpha value is -1.43. The first-order valence-corrected chi connectivity index (χ1v) is 7.98. The van der Waals surface area contributed by atoms with Crippen LogP contribution in [0.3, 0.4) is 0 Å². The number of nitrogens with zero attached hydrogens (tertiary/aromatic N) is 1. The molecule has 1 aromatic rings. The highest BCUT2D eigenvalue weighted by Crippen LogP contribution is 2.17. The van der Waals surface area contributed by atoms with E-state index in [0.717, 1.165) is 32.5 Å². The summed E-state index contributed by atoms with van der Waals surface area (Å²) >= 11 is 0. The van der Waals surface area contributed by atoms with Crippen molar-refractivity contribution in [3.8, 4) is 0 Å². The summed E-state index contributed by atoms with van der Waals surface area (Å²) in [5.74, 6) is -0.0437. The van der Waals surface area contributed by atoms with Crippen LogP contribution in [0.4, 0.5) is 0 Å². The third-order valence-corrected chi connectivity index (χ3v) is 4.01. The average Bonchev–Trinajstić information content (AvgIpc) is 2.56. The lowest BCUT2D eigenvalue weighted by atomic mass is 10.1. The zero-order valence-electron chi connectivity index (χ0n) is 13.3. The van der Waals surface area contributed by atoms with Gasteiger partial charge in [0.2, 0.25) is 0 Å². The van der Waals surface area contributed by atoms with Crippen LogP contribution in [0.1, 0.15) is 35.2 Å². The maximum absolute atomic E-state index is 11.7. The van der Waals surface area contributed by atoms with E-state index in [1.54, 1.807) is 7.05 Å². The van der Waals surface area contributed by atoms with Crippen molar-refractivity contribution < 1.29 is 14.6 Å². The van der Waals surface area contributed by atoms with Crippen molar-refractivity contribution in [1.29, 1.82) is 0 Å². The summed E-state index contributed by atoms with van der Waals surface area (Å²) in [6, 6.07) is 7.80. The molecule has 2 N–H and O–H groups in total. The number of aliphatic hydroxyl groups excluding tert-OH is 1. The highest BCUT2D eigenvalue weighted by molar-refractivity contribution is 5.94. The largest absolute Gasteiger partial charge is 0.396 e. The molecule has 0 spiro atoms. The molecule has 0 saturated carbocycles. The molecule has 122 valence electrons. The van der Waals surface area contributed by atoms with E-state index in [0.29, 0.717) is 24.7 Å². The number of carbonyl (C=O) groups is 1. The van der Waals surface area contributed by atoms with E-state index in [2.05, 4.69) is 16.3 Å². The van der Waals surface area contributed by atoms with Crippen LogP contribution >= 0.6 is 0 Å². The van der Waals surface area contributed by atoms with E-state index in [-0.39, 0.29) is 12.5 Å². The van der Waals surface area contributed by atoms with Gasteiger partial charge in [-0.15, -0.1) is 0 Å². The van der Waals surface area contributed by atoms with E-state index < -0.39 is 0 Å². The molecule has 1 aromatic carbocycles. The van der Waals surface area contributed by atoms with Gasteiger partial charge in [-0.25, -0.2) is 0 Å². The molecule has 0 radical (unpaired) electrons. The van der Waals surface area contributed by atoms with Crippen molar-refractivity contribution in [2.45, 2.75) is 31.9 Å². The van der Waals surface area contributed by atoms with Gasteiger partial charge in [-0.1, -0.05) is 12.1 Å². The molecule has 0 atom stereocenters. The quantitative estimate of drug-likeness (QED) is 0.748. The number of rotatable bonds is 7. The molecule has 0 aromatic heterocycles. The molecule has 22 heavy (non-hydrogen) atoms. The molecular weight excluding hydrogens is 280 g/mol. The van der Waals surface area contributed by atoms with E-state index in [9.17, 15) is 4.79 Å². The molecule has 5 heteroatoms. The summed E-state index contributed by atoms with van der Waals surface area (Å²) in [6.07, 6.45) is 3.09. The molecule has 1 saturated heterocycles. The Morgan fingerprint density at radius 2 is 2.18 bits per heavy atom. The lowest BCUT2D eigenvalue weighted by molar-refractivity contribution is 0.000785. The number of benzene rings is 1. The first-order chi connectivity index (χ1) is 10.7. The minimum atomic E-state index is -0.0437. The van der Waals surface area contributed by atoms with Crippen molar-refractivity contribution in [2.24, 2.45) is 0 Å². The number of ether oxygens (including phenoxy) is 1. The van der Waals surface area contributed by atoms with Gasteiger partial charge in [0.05, 0.1) is 6.10 Å². The third-order valence-electron chi connectivity index (χ3n) is 4.01. The fraction of sp³-hybridized carbons (Fsp3) is 0.588. The minimum Gasteiger partial charge on any atom is -0.396 e. The fourth-order valence-electron chi connectivity index (χ4n) is 2.76. The number of likely N-dealkylation sites (tertiary alicyclic amines) is 1. The summed E-state index contributed by atoms with van der Waals surface area (Å²) in [5, 5.41) is 11.4. The highest BCUT2D eigenvalue weighted by Gasteiger charge is 2.19. The van der Waals surface area contributed by atoms with Crippen LogP contribution in [-0.2, 0) is 11.3 Å². The van der Waals surface area contributed by atoms with Crippen LogP contribution in [0.15, 0.2) is 24.3 Å². The number of aliphatic hydroxyl groups is 1. The summed E-state index contributed by atoms with van der Waals surface area (Å²) in [5.41, 5.74) is 1.88. The molecule has 1 heterocycles. The van der Waals surface area contributed by atoms with Crippen LogP contribution in [0.2, 0.25) is 0 Å². The molecule has 1 aliphatic rings. The summed E-state index contributed by atoms with van der Waals surface area (Å²) in [7, 11) is 1.65. The average molecular weight is 306 g/mol. The summed E-state index contributed by atoms with van der Waals surface area (Å²) < 4.78 is 5.75. The zero-order valence-corrected chi connectivity index (χ0v) is 13.3. The molecule has 1 aliphatic heterocycles. The number of hydrogen-bond donors (Lipinski definition) is 2. The molecule has 0 unspecified atom stereocenters. The molecular formula is C17H26N2O3. The Kier molecular flexibility index (Phi) is 6.83. The first kappa shape index (κ1) is 16.9. The van der Waals surface area contributed by atoms with Gasteiger partial charge >= 0.3 is 0 Å². The number of nitrogens with one attached hydrogen (secondary N) is 1. The second-order valence-corrected chi connectivity index (χ2v) is 5.70. The second-order valence-electron chi connectivity index (χ2n) is 5.70. The Labute approximate surface area is 132 Å². The minimum absolute atomic E-state index is 0.0437. The van der Waals surface area contributed by atoms with Gasteiger partial charge < -0.3 is 15.2 Å². The van der Waals surface area contributed by atoms with Crippen molar-refractivity contribution in [3.63, 3.8) is 0 Å². The van der Waals surface area contributed by atoms with Gasteiger partial charge in [0, 0.05) is 45.5 Å². The maximum Gasteiger partial charge on any atom is 0.251 e. The Bertz CT molecular complexity index is 471. The van der Waals surface area contributed by atoms with Gasteiger partial charge in [-0.2, -0.15) is 0 Å². The molecule has 5 nitrogen and oxygen atoms in total. The Morgan fingerprint density at radius 3 is 2.86 bits per heavy atom. The third kappa shape index (κ3) is 5.09. The maximum atomic E-state index is 11.7. The monoisotopic (exact) mass is 306 g/mol. The van der Waals surface area contributed by atoms with Crippen LogP contribution in [0, 0.1) is 0 Å². The van der Waals surface area contributed by atoms with Gasteiger partial charge in [0.1, 0.15) is 0 Å². The van der Waals surface area contributed by atoms with E-state index in [1.165, 1.54) is 5.56 Å². The Balaban J connectivity index is 1.79. The zero-order chi connectivity index (χ0) is 15.8. The van der Waals surface area contributed by atoms with E-state index >= 15 is 0 Å².